The van der Waals surface area contributed by atoms with Gasteiger partial charge in [0.2, 0.25) is 0 Å². The lowest BCUT2D eigenvalue weighted by Crippen LogP contribution is -2.32. The molecule has 0 saturated heterocycles. The van der Waals surface area contributed by atoms with E-state index in [0.717, 1.165) is 21.0 Å². The van der Waals surface area contributed by atoms with Crippen LogP contribution in [0.2, 0.25) is 10.0 Å². The molecule has 0 atom stereocenters. The van der Waals surface area contributed by atoms with Crippen molar-refractivity contribution in [2.45, 2.75) is 11.8 Å². The van der Waals surface area contributed by atoms with Crippen molar-refractivity contribution in [1.29, 1.82) is 0 Å². The number of carbonyl (C=O) groups excluding carboxylic acids is 2. The average Bonchev–Trinajstić information content (AvgIpc) is 2.96. The molecule has 4 rings (SSSR count). The molecular formula is C23H16Cl2N2O2S. The van der Waals surface area contributed by atoms with Crippen LogP contribution in [0.25, 0.3) is 0 Å². The molecule has 4 nitrogen and oxygen atoms in total. The highest BCUT2D eigenvalue weighted by Gasteiger charge is 2.40. The van der Waals surface area contributed by atoms with Crippen molar-refractivity contribution >= 4 is 58.2 Å². The SMILES string of the molecule is Cc1ccc(NC2=C(Sc3ccccc3)C(=O)N(c3ccc(Cl)c(Cl)c3)C2=O)cc1. The largest absolute Gasteiger partial charge is 0.350 e. The number of benzene rings is 3. The van der Waals surface area contributed by atoms with Crippen LogP contribution in [0.1, 0.15) is 5.56 Å². The van der Waals surface area contributed by atoms with Crippen LogP contribution in [0.3, 0.4) is 0 Å². The second kappa shape index (κ2) is 8.56. The van der Waals surface area contributed by atoms with E-state index in [-0.39, 0.29) is 10.7 Å². The summed E-state index contributed by atoms with van der Waals surface area (Å²) >= 11 is 13.4. The van der Waals surface area contributed by atoms with Gasteiger partial charge in [-0.15, -0.1) is 0 Å². The molecule has 30 heavy (non-hydrogen) atoms. The lowest BCUT2D eigenvalue weighted by molar-refractivity contribution is -0.120. The minimum Gasteiger partial charge on any atom is -0.350 e. The highest BCUT2D eigenvalue weighted by Crippen LogP contribution is 2.39. The van der Waals surface area contributed by atoms with Gasteiger partial charge in [0.15, 0.2) is 0 Å². The van der Waals surface area contributed by atoms with Crippen LogP contribution in [0.4, 0.5) is 11.4 Å². The maximum absolute atomic E-state index is 13.3. The normalized spacial score (nSPS) is 13.9. The molecule has 3 aromatic rings. The van der Waals surface area contributed by atoms with Crippen LogP contribution in [0, 0.1) is 6.92 Å². The predicted molar refractivity (Wildman–Crippen MR) is 123 cm³/mol. The number of carbonyl (C=O) groups is 2. The minimum atomic E-state index is -0.447. The standard InChI is InChI=1S/C23H16Cl2N2O2S/c1-14-7-9-15(10-8-14)26-20-21(30-17-5-3-2-4-6-17)23(29)27(22(20)28)16-11-12-18(24)19(25)13-16/h2-13,26H,1H3. The number of thioether (sulfide) groups is 1. The fraction of sp³-hybridized carbons (Fsp3) is 0.0435. The second-order valence-electron chi connectivity index (χ2n) is 6.65. The molecule has 150 valence electrons. The Kier molecular flexibility index (Phi) is 5.86. The highest BCUT2D eigenvalue weighted by molar-refractivity contribution is 8.04. The molecule has 0 bridgehead atoms. The van der Waals surface area contributed by atoms with Gasteiger partial charge in [0.1, 0.15) is 10.6 Å². The van der Waals surface area contributed by atoms with Gasteiger partial charge in [0.25, 0.3) is 11.8 Å². The molecule has 1 aliphatic rings. The average molecular weight is 455 g/mol. The van der Waals surface area contributed by atoms with Crippen LogP contribution < -0.4 is 10.2 Å². The van der Waals surface area contributed by atoms with E-state index >= 15 is 0 Å². The van der Waals surface area contributed by atoms with Crippen molar-refractivity contribution in [2.24, 2.45) is 0 Å². The van der Waals surface area contributed by atoms with Crippen molar-refractivity contribution in [1.82, 2.24) is 0 Å². The monoisotopic (exact) mass is 454 g/mol. The van der Waals surface area contributed by atoms with Gasteiger partial charge in [-0.3, -0.25) is 9.59 Å². The predicted octanol–water partition coefficient (Wildman–Crippen LogP) is 6.29. The Morgan fingerprint density at radius 1 is 0.833 bits per heavy atom. The lowest BCUT2D eigenvalue weighted by Gasteiger charge is -2.16. The molecule has 3 aromatic carbocycles. The smallest absolute Gasteiger partial charge is 0.283 e. The molecular weight excluding hydrogens is 439 g/mol. The van der Waals surface area contributed by atoms with Crippen LogP contribution >= 0.6 is 35.0 Å². The number of halogens is 2. The quantitative estimate of drug-likeness (QED) is 0.460. The Labute approximate surface area is 188 Å². The zero-order valence-electron chi connectivity index (χ0n) is 15.9. The molecule has 0 aliphatic carbocycles. The highest BCUT2D eigenvalue weighted by atomic mass is 35.5. The summed E-state index contributed by atoms with van der Waals surface area (Å²) in [5.74, 6) is -0.862. The summed E-state index contributed by atoms with van der Waals surface area (Å²) in [7, 11) is 0. The van der Waals surface area contributed by atoms with Gasteiger partial charge in [0.05, 0.1) is 15.7 Å². The zero-order valence-corrected chi connectivity index (χ0v) is 18.2. The Balaban J connectivity index is 1.75. The van der Waals surface area contributed by atoms with Crippen molar-refractivity contribution in [3.05, 3.63) is 99.0 Å². The fourth-order valence-corrected chi connectivity index (χ4v) is 4.20. The summed E-state index contributed by atoms with van der Waals surface area (Å²) in [5.41, 5.74) is 2.41. The van der Waals surface area contributed by atoms with Crippen LogP contribution in [-0.4, -0.2) is 11.8 Å². The zero-order chi connectivity index (χ0) is 21.3. The molecule has 0 spiro atoms. The Morgan fingerprint density at radius 3 is 2.20 bits per heavy atom. The van der Waals surface area contributed by atoms with Crippen molar-refractivity contribution < 1.29 is 9.59 Å². The van der Waals surface area contributed by atoms with Gasteiger partial charge in [-0.25, -0.2) is 4.90 Å². The summed E-state index contributed by atoms with van der Waals surface area (Å²) in [4.78, 5) is 28.8. The number of nitrogens with one attached hydrogen (secondary N) is 1. The van der Waals surface area contributed by atoms with Gasteiger partial charge < -0.3 is 5.32 Å². The van der Waals surface area contributed by atoms with E-state index in [2.05, 4.69) is 5.32 Å². The Morgan fingerprint density at radius 2 is 1.53 bits per heavy atom. The summed E-state index contributed by atoms with van der Waals surface area (Å²) in [5, 5.41) is 3.75. The number of hydrogen-bond acceptors (Lipinski definition) is 4. The van der Waals surface area contributed by atoms with Crippen molar-refractivity contribution in [2.75, 3.05) is 10.2 Å². The Hall–Kier alpha value is -2.73. The number of anilines is 2. The summed E-state index contributed by atoms with van der Waals surface area (Å²) in [6.45, 7) is 1.98. The molecule has 1 N–H and O–H groups in total. The van der Waals surface area contributed by atoms with E-state index in [9.17, 15) is 9.59 Å². The first-order valence-electron chi connectivity index (χ1n) is 9.09. The van der Waals surface area contributed by atoms with E-state index in [1.807, 2.05) is 61.5 Å². The first kappa shape index (κ1) is 20.5. The number of imide groups is 1. The maximum Gasteiger partial charge on any atom is 0.283 e. The first-order chi connectivity index (χ1) is 14.4. The summed E-state index contributed by atoms with van der Waals surface area (Å²) < 4.78 is 0. The van der Waals surface area contributed by atoms with Gasteiger partial charge >= 0.3 is 0 Å². The number of nitrogens with zero attached hydrogens (tertiary/aromatic N) is 1. The van der Waals surface area contributed by atoms with Crippen LogP contribution in [0.5, 0.6) is 0 Å². The second-order valence-corrected chi connectivity index (χ2v) is 8.55. The van der Waals surface area contributed by atoms with E-state index in [4.69, 9.17) is 23.2 Å². The maximum atomic E-state index is 13.3. The number of aryl methyl sites for hydroxylation is 1. The molecule has 0 fully saturated rings. The van der Waals surface area contributed by atoms with Crippen molar-refractivity contribution in [3.63, 3.8) is 0 Å². The number of amides is 2. The van der Waals surface area contributed by atoms with Crippen LogP contribution in [0.15, 0.2) is 88.3 Å². The van der Waals surface area contributed by atoms with Gasteiger partial charge in [-0.2, -0.15) is 0 Å². The number of rotatable bonds is 5. The third-order valence-corrected chi connectivity index (χ3v) is 6.32. The molecule has 0 radical (unpaired) electrons. The molecule has 7 heteroatoms. The van der Waals surface area contributed by atoms with Crippen molar-refractivity contribution in [3.8, 4) is 0 Å². The molecule has 2 amide bonds. The van der Waals surface area contributed by atoms with E-state index in [0.29, 0.717) is 15.6 Å². The van der Waals surface area contributed by atoms with E-state index in [1.165, 1.54) is 17.8 Å². The molecule has 0 aromatic heterocycles. The topological polar surface area (TPSA) is 49.4 Å². The molecule has 1 heterocycles. The summed E-state index contributed by atoms with van der Waals surface area (Å²) in [6.07, 6.45) is 0. The summed E-state index contributed by atoms with van der Waals surface area (Å²) in [6, 6.07) is 21.7. The van der Waals surface area contributed by atoms with Crippen LogP contribution in [-0.2, 0) is 9.59 Å². The minimum absolute atomic E-state index is 0.226. The Bertz CT molecular complexity index is 1160. The third-order valence-electron chi connectivity index (χ3n) is 4.49. The van der Waals surface area contributed by atoms with E-state index < -0.39 is 11.8 Å². The van der Waals surface area contributed by atoms with Gasteiger partial charge in [-0.1, -0.05) is 70.9 Å². The first-order valence-corrected chi connectivity index (χ1v) is 10.7. The van der Waals surface area contributed by atoms with E-state index in [1.54, 1.807) is 12.1 Å². The molecule has 0 saturated carbocycles. The van der Waals surface area contributed by atoms with Gasteiger partial charge in [-0.05, 0) is 49.4 Å². The molecule has 0 unspecified atom stereocenters. The number of hydrogen-bond donors (Lipinski definition) is 1. The fourth-order valence-electron chi connectivity index (χ4n) is 2.96. The molecule has 1 aliphatic heterocycles. The lowest BCUT2D eigenvalue weighted by atomic mass is 10.2. The van der Waals surface area contributed by atoms with Gasteiger partial charge in [0, 0.05) is 10.6 Å². The third kappa shape index (κ3) is 4.10.